The van der Waals surface area contributed by atoms with Gasteiger partial charge in [0.1, 0.15) is 40.6 Å². The maximum absolute atomic E-state index is 14.4. The van der Waals surface area contributed by atoms with Crippen molar-refractivity contribution in [1.29, 1.82) is 0 Å². The highest BCUT2D eigenvalue weighted by molar-refractivity contribution is 7.92. The van der Waals surface area contributed by atoms with Gasteiger partial charge >= 0.3 is 0 Å². The second-order valence-electron chi connectivity index (χ2n) is 14.0. The van der Waals surface area contributed by atoms with Crippen LogP contribution in [-0.4, -0.2) is 71.9 Å². The number of para-hydroxylation sites is 1. The Bertz CT molecular complexity index is 1790. The van der Waals surface area contributed by atoms with Gasteiger partial charge in [-0.1, -0.05) is 84.3 Å². The molecule has 0 aliphatic carbocycles. The predicted molar refractivity (Wildman–Crippen MR) is 200 cm³/mol. The zero-order valence-corrected chi connectivity index (χ0v) is 32.0. The van der Waals surface area contributed by atoms with Crippen molar-refractivity contribution in [1.82, 2.24) is 24.7 Å². The maximum Gasteiger partial charge on any atom is 0.246 e. The molecule has 1 atom stereocenters. The summed E-state index contributed by atoms with van der Waals surface area (Å²) in [5.74, 6) is -0.101. The van der Waals surface area contributed by atoms with Gasteiger partial charge in [-0.2, -0.15) is 0 Å². The number of hydrogen-bond acceptors (Lipinski definition) is 10. The average molecular weight is 741 g/mol. The van der Waals surface area contributed by atoms with Crippen LogP contribution in [0.2, 0.25) is 0 Å². The van der Waals surface area contributed by atoms with Crippen molar-refractivity contribution in [2.75, 3.05) is 37.9 Å². The van der Waals surface area contributed by atoms with Gasteiger partial charge in [0.05, 0.1) is 33.2 Å². The summed E-state index contributed by atoms with van der Waals surface area (Å²) in [4.78, 5) is 8.46. The summed E-state index contributed by atoms with van der Waals surface area (Å²) in [5, 5.41) is 19.9. The third-order valence-corrected chi connectivity index (χ3v) is 10.5. The second-order valence-corrected chi connectivity index (χ2v) is 15.9. The molecule has 4 rings (SSSR count). The van der Waals surface area contributed by atoms with E-state index in [0.717, 1.165) is 42.3 Å². The minimum Gasteiger partial charge on any atom is -0.494 e. The monoisotopic (exact) mass is 740 g/mol. The Morgan fingerprint density at radius 2 is 1.44 bits per heavy atom. The van der Waals surface area contributed by atoms with Crippen LogP contribution in [0.15, 0.2) is 54.7 Å². The van der Waals surface area contributed by atoms with E-state index in [1.807, 2.05) is 0 Å². The SMILES string of the molecule is COc1cccc(-c2nnc(N(CCCCCCCCCCCC(C)(C)C)S(=O)(=O)C[C@@H](O)c3ccc(F)cn3)n2-c2c(OC)cccc2OC)n1. The van der Waals surface area contributed by atoms with E-state index in [0.29, 0.717) is 40.6 Å². The molecule has 0 unspecified atom stereocenters. The molecule has 3 heterocycles. The highest BCUT2D eigenvalue weighted by atomic mass is 32.2. The average Bonchev–Trinajstić information content (AvgIpc) is 3.55. The largest absolute Gasteiger partial charge is 0.494 e. The molecule has 0 amide bonds. The molecule has 0 fully saturated rings. The Kier molecular flexibility index (Phi) is 14.8. The van der Waals surface area contributed by atoms with Crippen LogP contribution in [0.25, 0.3) is 17.2 Å². The number of unbranched alkanes of at least 4 members (excludes halogenated alkanes) is 8. The van der Waals surface area contributed by atoms with Crippen LogP contribution in [0.1, 0.15) is 96.8 Å². The second kappa shape index (κ2) is 19.0. The lowest BCUT2D eigenvalue weighted by atomic mass is 9.89. The number of ether oxygens (including phenoxy) is 3. The highest BCUT2D eigenvalue weighted by Crippen LogP contribution is 2.39. The van der Waals surface area contributed by atoms with Crippen LogP contribution in [0, 0.1) is 11.2 Å². The van der Waals surface area contributed by atoms with Gasteiger partial charge in [0.2, 0.25) is 21.9 Å². The minimum absolute atomic E-state index is 0.0254. The smallest absolute Gasteiger partial charge is 0.246 e. The summed E-state index contributed by atoms with van der Waals surface area (Å²) in [5.41, 5.74) is 1.11. The first-order valence-corrected chi connectivity index (χ1v) is 19.5. The van der Waals surface area contributed by atoms with E-state index >= 15 is 0 Å². The Balaban J connectivity index is 1.66. The van der Waals surface area contributed by atoms with E-state index < -0.39 is 27.7 Å². The molecule has 0 aliphatic heterocycles. The number of nitrogens with zero attached hydrogens (tertiary/aromatic N) is 6. The number of aliphatic hydroxyl groups excluding tert-OH is 1. The highest BCUT2D eigenvalue weighted by Gasteiger charge is 2.34. The molecule has 52 heavy (non-hydrogen) atoms. The van der Waals surface area contributed by atoms with Crippen LogP contribution in [-0.2, 0) is 10.0 Å². The molecule has 0 aliphatic rings. The molecular formula is C38H53FN6O6S. The van der Waals surface area contributed by atoms with Crippen molar-refractivity contribution < 1.29 is 32.1 Å². The van der Waals surface area contributed by atoms with E-state index in [1.165, 1.54) is 59.5 Å². The van der Waals surface area contributed by atoms with Gasteiger partial charge in [0.15, 0.2) is 5.82 Å². The van der Waals surface area contributed by atoms with Crippen molar-refractivity contribution in [3.8, 4) is 34.6 Å². The molecule has 0 saturated heterocycles. The molecule has 14 heteroatoms. The predicted octanol–water partition coefficient (Wildman–Crippen LogP) is 7.71. The number of sulfonamides is 1. The normalized spacial score (nSPS) is 12.5. The van der Waals surface area contributed by atoms with Gasteiger partial charge in [-0.15, -0.1) is 10.2 Å². The van der Waals surface area contributed by atoms with Crippen LogP contribution in [0.4, 0.5) is 10.3 Å². The topological polar surface area (TPSA) is 142 Å². The summed E-state index contributed by atoms with van der Waals surface area (Å²) in [6, 6.07) is 12.7. The van der Waals surface area contributed by atoms with Crippen LogP contribution < -0.4 is 18.5 Å². The van der Waals surface area contributed by atoms with E-state index in [2.05, 4.69) is 40.9 Å². The number of halogens is 1. The fourth-order valence-corrected chi connectivity index (χ4v) is 7.51. The number of hydrogen-bond donors (Lipinski definition) is 1. The van der Waals surface area contributed by atoms with Crippen molar-refractivity contribution in [2.24, 2.45) is 5.41 Å². The Hall–Kier alpha value is -4.30. The third-order valence-electron chi connectivity index (χ3n) is 8.74. The molecule has 1 aromatic carbocycles. The number of pyridine rings is 2. The molecule has 0 radical (unpaired) electrons. The fraction of sp³-hybridized carbons (Fsp3) is 0.526. The number of benzene rings is 1. The maximum atomic E-state index is 14.4. The van der Waals surface area contributed by atoms with Crippen molar-refractivity contribution in [3.63, 3.8) is 0 Å². The molecule has 4 aromatic rings. The standard InChI is InChI=1S/C38H53FN6O6S/c1-38(2,3)24-14-12-10-8-7-9-11-13-15-25-44(52(47,48)27-31(46)29-23-22-28(39)26-40-29)37-43-42-36(30-18-16-21-34(41-30)51-6)45(37)35-32(49-4)19-17-20-33(35)50-5/h16-23,26,31,46H,7-15,24-25,27H2,1-6H3/t31-/m1/s1. The fourth-order valence-electron chi connectivity index (χ4n) is 5.99. The summed E-state index contributed by atoms with van der Waals surface area (Å²) in [7, 11) is 0.186. The molecule has 284 valence electrons. The number of anilines is 1. The Morgan fingerprint density at radius 1 is 0.827 bits per heavy atom. The number of methoxy groups -OCH3 is 3. The van der Waals surface area contributed by atoms with Gasteiger partial charge in [0.25, 0.3) is 0 Å². The lowest BCUT2D eigenvalue weighted by molar-refractivity contribution is 0.196. The lowest BCUT2D eigenvalue weighted by Crippen LogP contribution is -2.37. The van der Waals surface area contributed by atoms with E-state index in [9.17, 15) is 17.9 Å². The van der Waals surface area contributed by atoms with Crippen LogP contribution >= 0.6 is 0 Å². The Morgan fingerprint density at radius 3 is 2.02 bits per heavy atom. The first kappa shape index (κ1) is 40.5. The molecule has 3 aromatic heterocycles. The summed E-state index contributed by atoms with van der Waals surface area (Å²) in [6.07, 6.45) is 9.99. The zero-order valence-electron chi connectivity index (χ0n) is 31.2. The first-order valence-electron chi connectivity index (χ1n) is 17.9. The van der Waals surface area contributed by atoms with Gasteiger partial charge in [0, 0.05) is 12.6 Å². The van der Waals surface area contributed by atoms with Crippen molar-refractivity contribution in [2.45, 2.75) is 91.1 Å². The van der Waals surface area contributed by atoms with E-state index in [4.69, 9.17) is 14.2 Å². The van der Waals surface area contributed by atoms with Gasteiger partial charge < -0.3 is 19.3 Å². The third kappa shape index (κ3) is 11.1. The first-order chi connectivity index (χ1) is 24.9. The van der Waals surface area contributed by atoms with Crippen molar-refractivity contribution >= 4 is 16.0 Å². The van der Waals surface area contributed by atoms with Gasteiger partial charge in [-0.05, 0) is 48.6 Å². The molecular weight excluding hydrogens is 688 g/mol. The van der Waals surface area contributed by atoms with Gasteiger partial charge in [-0.3, -0.25) is 9.55 Å². The number of aromatic nitrogens is 5. The molecule has 0 bridgehead atoms. The van der Waals surface area contributed by atoms with Crippen LogP contribution in [0.5, 0.6) is 17.4 Å². The quantitative estimate of drug-likeness (QED) is 0.0845. The summed E-state index contributed by atoms with van der Waals surface area (Å²) in [6.45, 7) is 6.89. The summed E-state index contributed by atoms with van der Waals surface area (Å²) >= 11 is 0. The van der Waals surface area contributed by atoms with E-state index in [-0.39, 0.29) is 24.0 Å². The molecule has 0 saturated carbocycles. The van der Waals surface area contributed by atoms with Crippen LogP contribution in [0.3, 0.4) is 0 Å². The van der Waals surface area contributed by atoms with E-state index in [1.54, 1.807) is 41.0 Å². The number of aliphatic hydroxyl groups is 1. The molecule has 0 spiro atoms. The molecule has 1 N–H and O–H groups in total. The number of rotatable bonds is 21. The Labute approximate surface area is 307 Å². The molecule has 12 nitrogen and oxygen atoms in total. The lowest BCUT2D eigenvalue weighted by Gasteiger charge is -2.26. The van der Waals surface area contributed by atoms with Gasteiger partial charge in [-0.25, -0.2) is 22.1 Å². The minimum atomic E-state index is -4.31. The summed E-state index contributed by atoms with van der Waals surface area (Å²) < 4.78 is 61.8. The van der Waals surface area contributed by atoms with Crippen molar-refractivity contribution in [3.05, 3.63) is 66.2 Å². The zero-order chi connectivity index (χ0) is 37.7.